The van der Waals surface area contributed by atoms with Gasteiger partial charge in [0, 0.05) is 5.92 Å². The first-order valence-electron chi connectivity index (χ1n) is 11.6. The Morgan fingerprint density at radius 1 is 1.23 bits per heavy atom. The molecule has 0 aromatic carbocycles. The lowest BCUT2D eigenvalue weighted by Crippen LogP contribution is -2.43. The number of hydrogen-bond acceptors (Lipinski definition) is 5. The molecule has 0 aliphatic heterocycles. The van der Waals surface area contributed by atoms with Crippen LogP contribution >= 0.6 is 0 Å². The van der Waals surface area contributed by atoms with Crippen LogP contribution < -0.4 is 0 Å². The maximum atomic E-state index is 12.8. The molecule has 0 bridgehead atoms. The van der Waals surface area contributed by atoms with Crippen molar-refractivity contribution in [1.82, 2.24) is 0 Å². The summed E-state index contributed by atoms with van der Waals surface area (Å²) in [7, 11) is 0. The van der Waals surface area contributed by atoms with Gasteiger partial charge in [-0.1, -0.05) is 39.0 Å². The fraction of sp³-hybridized carbons (Fsp3) is 0.760. The van der Waals surface area contributed by atoms with Gasteiger partial charge < -0.3 is 20.1 Å². The minimum Gasteiger partial charge on any atom is -0.481 e. The molecule has 0 amide bonds. The summed E-state index contributed by atoms with van der Waals surface area (Å²) in [6.07, 6.45) is 6.98. The standard InChI is InChI=1S/C25H40O6/c1-6-25(4,5)24(30)31-21-12-15(2)11-17-8-7-16(3)20(23(17)21)10-9-18(26)13-19(27)14-22(28)29/h7-8,11,15-16,18-21,23,26-27H,6,9-10,12-14H2,1-5H3,(H,28,29)/t15?,16-,18?,19+,20-,21?,23-/m0/s1. The third-order valence-corrected chi connectivity index (χ3v) is 7.08. The summed E-state index contributed by atoms with van der Waals surface area (Å²) >= 11 is 0. The van der Waals surface area contributed by atoms with E-state index in [1.807, 2.05) is 20.8 Å². The number of carbonyl (C=O) groups excluding carboxylic acids is 1. The largest absolute Gasteiger partial charge is 0.481 e. The number of carbonyl (C=O) groups is 2. The number of aliphatic carboxylic acids is 1. The number of ether oxygens (including phenoxy) is 1. The van der Waals surface area contributed by atoms with Gasteiger partial charge in [-0.15, -0.1) is 0 Å². The highest BCUT2D eigenvalue weighted by atomic mass is 16.5. The van der Waals surface area contributed by atoms with Gasteiger partial charge in [-0.3, -0.25) is 9.59 Å². The molecule has 2 rings (SSSR count). The summed E-state index contributed by atoms with van der Waals surface area (Å²) in [5.74, 6) is -0.347. The van der Waals surface area contributed by atoms with E-state index in [-0.39, 0.29) is 42.7 Å². The van der Waals surface area contributed by atoms with E-state index in [1.165, 1.54) is 5.57 Å². The molecule has 0 fully saturated rings. The number of allylic oxidation sites excluding steroid dienone is 3. The second kappa shape index (κ2) is 10.8. The van der Waals surface area contributed by atoms with Crippen LogP contribution in [-0.4, -0.2) is 45.6 Å². The van der Waals surface area contributed by atoms with Crippen LogP contribution in [0, 0.1) is 29.1 Å². The summed E-state index contributed by atoms with van der Waals surface area (Å²) in [6.45, 7) is 10.1. The molecule has 7 atom stereocenters. The Kier molecular flexibility index (Phi) is 8.90. The molecule has 0 saturated heterocycles. The molecule has 0 aromatic rings. The third kappa shape index (κ3) is 6.91. The first-order valence-corrected chi connectivity index (χ1v) is 11.6. The molecule has 3 N–H and O–H groups in total. The molecule has 31 heavy (non-hydrogen) atoms. The zero-order valence-corrected chi connectivity index (χ0v) is 19.6. The lowest BCUT2D eigenvalue weighted by Gasteiger charge is -2.44. The van der Waals surface area contributed by atoms with Crippen molar-refractivity contribution >= 4 is 11.9 Å². The first kappa shape index (κ1) is 25.6. The highest BCUT2D eigenvalue weighted by molar-refractivity contribution is 5.76. The Labute approximate surface area is 186 Å². The Balaban J connectivity index is 2.12. The summed E-state index contributed by atoms with van der Waals surface area (Å²) in [5.41, 5.74) is 0.682. The van der Waals surface area contributed by atoms with Crippen molar-refractivity contribution in [2.45, 2.75) is 91.5 Å². The zero-order valence-electron chi connectivity index (χ0n) is 19.6. The summed E-state index contributed by atoms with van der Waals surface area (Å²) < 4.78 is 6.10. The van der Waals surface area contributed by atoms with E-state index >= 15 is 0 Å². The van der Waals surface area contributed by atoms with Gasteiger partial charge in [-0.2, -0.15) is 0 Å². The van der Waals surface area contributed by atoms with Crippen molar-refractivity contribution in [3.8, 4) is 0 Å². The number of fused-ring (bicyclic) bond motifs is 1. The molecule has 0 aromatic heterocycles. The minimum atomic E-state index is -1.07. The number of carboxylic acid groups (broad SMARTS) is 1. The number of esters is 1. The monoisotopic (exact) mass is 436 g/mol. The molecular weight excluding hydrogens is 396 g/mol. The minimum absolute atomic E-state index is 0.0523. The fourth-order valence-electron chi connectivity index (χ4n) is 4.76. The Hall–Kier alpha value is -1.66. The van der Waals surface area contributed by atoms with E-state index in [4.69, 9.17) is 9.84 Å². The van der Waals surface area contributed by atoms with Crippen molar-refractivity contribution in [3.63, 3.8) is 0 Å². The van der Waals surface area contributed by atoms with Crippen LogP contribution in [0.15, 0.2) is 23.8 Å². The Morgan fingerprint density at radius 2 is 1.90 bits per heavy atom. The SMILES string of the molecule is CCC(C)(C)C(=O)OC1CC(C)C=C2C=C[C@H](C)[C@H](CCC(O)C[C@@H](O)CC(=O)O)[C@H]21. The highest BCUT2D eigenvalue weighted by Crippen LogP contribution is 2.45. The fourth-order valence-corrected chi connectivity index (χ4v) is 4.76. The summed E-state index contributed by atoms with van der Waals surface area (Å²) in [4.78, 5) is 23.6. The Bertz CT molecular complexity index is 694. The van der Waals surface area contributed by atoms with E-state index < -0.39 is 23.6 Å². The van der Waals surface area contributed by atoms with Gasteiger partial charge in [0.05, 0.1) is 24.0 Å². The van der Waals surface area contributed by atoms with Crippen molar-refractivity contribution in [2.75, 3.05) is 0 Å². The second-order valence-corrected chi connectivity index (χ2v) is 10.2. The highest BCUT2D eigenvalue weighted by Gasteiger charge is 2.42. The van der Waals surface area contributed by atoms with Crippen molar-refractivity contribution in [3.05, 3.63) is 23.8 Å². The van der Waals surface area contributed by atoms with Crippen molar-refractivity contribution in [1.29, 1.82) is 0 Å². The molecular formula is C25H40O6. The topological polar surface area (TPSA) is 104 Å². The molecule has 0 radical (unpaired) electrons. The maximum Gasteiger partial charge on any atom is 0.311 e. The molecule has 0 heterocycles. The molecule has 176 valence electrons. The number of carboxylic acids is 1. The summed E-state index contributed by atoms with van der Waals surface area (Å²) in [5, 5.41) is 29.0. The van der Waals surface area contributed by atoms with Crippen molar-refractivity contribution in [2.24, 2.45) is 29.1 Å². The lowest BCUT2D eigenvalue weighted by molar-refractivity contribution is -0.164. The molecule has 0 spiro atoms. The zero-order chi connectivity index (χ0) is 23.3. The van der Waals surface area contributed by atoms with Gasteiger partial charge in [0.25, 0.3) is 0 Å². The molecule has 6 heteroatoms. The van der Waals surface area contributed by atoms with Gasteiger partial charge in [0.15, 0.2) is 0 Å². The van der Waals surface area contributed by atoms with Crippen molar-refractivity contribution < 1.29 is 29.6 Å². The van der Waals surface area contributed by atoms with Crippen LogP contribution in [0.25, 0.3) is 0 Å². The molecule has 2 aliphatic rings. The van der Waals surface area contributed by atoms with E-state index in [0.29, 0.717) is 25.2 Å². The van der Waals surface area contributed by atoms with Crippen LogP contribution in [0.1, 0.15) is 73.1 Å². The smallest absolute Gasteiger partial charge is 0.311 e. The summed E-state index contributed by atoms with van der Waals surface area (Å²) in [6, 6.07) is 0. The lowest BCUT2D eigenvalue weighted by atomic mass is 9.65. The normalized spacial score (nSPS) is 30.2. The van der Waals surface area contributed by atoms with Gasteiger partial charge in [-0.05, 0) is 69.3 Å². The van der Waals surface area contributed by atoms with E-state index in [1.54, 1.807) is 0 Å². The number of hydrogen-bond donors (Lipinski definition) is 3. The molecule has 2 aliphatic carbocycles. The van der Waals surface area contributed by atoms with Crippen LogP contribution in [0.5, 0.6) is 0 Å². The van der Waals surface area contributed by atoms with E-state index in [0.717, 1.165) is 6.42 Å². The van der Waals surface area contributed by atoms with E-state index in [2.05, 4.69) is 32.1 Å². The second-order valence-electron chi connectivity index (χ2n) is 10.2. The number of aliphatic hydroxyl groups is 2. The predicted octanol–water partition coefficient (Wildman–Crippen LogP) is 4.11. The van der Waals surface area contributed by atoms with Gasteiger partial charge >= 0.3 is 11.9 Å². The molecule has 6 nitrogen and oxygen atoms in total. The van der Waals surface area contributed by atoms with E-state index in [9.17, 15) is 19.8 Å². The first-order chi connectivity index (χ1) is 14.4. The average molecular weight is 437 g/mol. The average Bonchev–Trinajstić information content (AvgIpc) is 2.66. The maximum absolute atomic E-state index is 12.8. The number of aliphatic hydroxyl groups excluding tert-OH is 2. The van der Waals surface area contributed by atoms with Crippen LogP contribution in [0.2, 0.25) is 0 Å². The van der Waals surface area contributed by atoms with Crippen LogP contribution in [0.3, 0.4) is 0 Å². The molecule has 0 saturated carbocycles. The van der Waals surface area contributed by atoms with Gasteiger partial charge in [-0.25, -0.2) is 0 Å². The van der Waals surface area contributed by atoms with Crippen LogP contribution in [0.4, 0.5) is 0 Å². The van der Waals surface area contributed by atoms with Gasteiger partial charge in [0.2, 0.25) is 0 Å². The predicted molar refractivity (Wildman–Crippen MR) is 119 cm³/mol. The Morgan fingerprint density at radius 3 is 2.52 bits per heavy atom. The molecule has 3 unspecified atom stereocenters. The van der Waals surface area contributed by atoms with Gasteiger partial charge in [0.1, 0.15) is 6.10 Å². The van der Waals surface area contributed by atoms with Crippen LogP contribution in [-0.2, 0) is 14.3 Å². The third-order valence-electron chi connectivity index (χ3n) is 7.08. The quantitative estimate of drug-likeness (QED) is 0.445. The number of rotatable bonds is 10.